The van der Waals surface area contributed by atoms with Crippen LogP contribution in [0, 0.1) is 5.92 Å². The fourth-order valence-electron chi connectivity index (χ4n) is 2.46. The standard InChI is InChI=1S/C13H16BrNO2/c1-9-6-7-13(8-9,12(16)17)15-11-4-2-10(14)3-5-11/h2-5,9,15H,6-8H2,1H3,(H,16,17). The Kier molecular flexibility index (Phi) is 3.43. The molecule has 2 unspecified atom stereocenters. The Labute approximate surface area is 109 Å². The Hall–Kier alpha value is -1.03. The monoisotopic (exact) mass is 297 g/mol. The lowest BCUT2D eigenvalue weighted by molar-refractivity contribution is -0.142. The van der Waals surface area contributed by atoms with Crippen LogP contribution in [0.5, 0.6) is 0 Å². The molecule has 2 rings (SSSR count). The zero-order valence-electron chi connectivity index (χ0n) is 9.74. The first-order valence-corrected chi connectivity index (χ1v) is 6.58. The van der Waals surface area contributed by atoms with Crippen LogP contribution < -0.4 is 5.32 Å². The summed E-state index contributed by atoms with van der Waals surface area (Å²) in [5.41, 5.74) is 0.0810. The normalized spacial score (nSPS) is 28.0. The number of carbonyl (C=O) groups is 1. The minimum absolute atomic E-state index is 0.467. The van der Waals surface area contributed by atoms with Gasteiger partial charge in [-0.3, -0.25) is 0 Å². The van der Waals surface area contributed by atoms with Crippen LogP contribution in [0.1, 0.15) is 26.2 Å². The highest BCUT2D eigenvalue weighted by Crippen LogP contribution is 2.37. The summed E-state index contributed by atoms with van der Waals surface area (Å²) < 4.78 is 0.993. The Morgan fingerprint density at radius 2 is 2.12 bits per heavy atom. The van der Waals surface area contributed by atoms with Gasteiger partial charge in [-0.2, -0.15) is 0 Å². The van der Waals surface area contributed by atoms with E-state index in [-0.39, 0.29) is 0 Å². The van der Waals surface area contributed by atoms with E-state index >= 15 is 0 Å². The molecule has 1 aromatic carbocycles. The van der Waals surface area contributed by atoms with Crippen molar-refractivity contribution in [2.75, 3.05) is 5.32 Å². The van der Waals surface area contributed by atoms with E-state index in [1.54, 1.807) is 0 Å². The van der Waals surface area contributed by atoms with Gasteiger partial charge in [-0.15, -0.1) is 0 Å². The number of halogens is 1. The van der Waals surface area contributed by atoms with Crippen molar-refractivity contribution in [2.24, 2.45) is 5.92 Å². The van der Waals surface area contributed by atoms with Gasteiger partial charge in [0.05, 0.1) is 0 Å². The highest BCUT2D eigenvalue weighted by Gasteiger charge is 2.44. The number of benzene rings is 1. The van der Waals surface area contributed by atoms with E-state index in [0.29, 0.717) is 18.8 Å². The van der Waals surface area contributed by atoms with Gasteiger partial charge < -0.3 is 10.4 Å². The first kappa shape index (κ1) is 12.4. The number of nitrogens with one attached hydrogen (secondary N) is 1. The van der Waals surface area contributed by atoms with E-state index in [1.165, 1.54) is 0 Å². The second kappa shape index (κ2) is 4.69. The van der Waals surface area contributed by atoms with E-state index in [2.05, 4.69) is 28.2 Å². The van der Waals surface area contributed by atoms with Crippen molar-refractivity contribution in [3.8, 4) is 0 Å². The highest BCUT2D eigenvalue weighted by atomic mass is 79.9. The van der Waals surface area contributed by atoms with Gasteiger partial charge in [-0.05, 0) is 49.4 Å². The smallest absolute Gasteiger partial charge is 0.329 e. The minimum atomic E-state index is -0.784. The largest absolute Gasteiger partial charge is 0.480 e. The third kappa shape index (κ3) is 2.63. The van der Waals surface area contributed by atoms with E-state index < -0.39 is 11.5 Å². The third-order valence-corrected chi connectivity index (χ3v) is 3.93. The SMILES string of the molecule is CC1CCC(Nc2ccc(Br)cc2)(C(=O)O)C1. The van der Waals surface area contributed by atoms with Crippen molar-refractivity contribution in [1.82, 2.24) is 0 Å². The Morgan fingerprint density at radius 3 is 2.59 bits per heavy atom. The van der Waals surface area contributed by atoms with Gasteiger partial charge in [-0.1, -0.05) is 22.9 Å². The fourth-order valence-corrected chi connectivity index (χ4v) is 2.73. The fraction of sp³-hybridized carbons (Fsp3) is 0.462. The molecule has 0 aromatic heterocycles. The zero-order valence-corrected chi connectivity index (χ0v) is 11.3. The molecule has 1 saturated carbocycles. The average Bonchev–Trinajstić information content (AvgIpc) is 2.65. The molecule has 1 aromatic rings. The summed E-state index contributed by atoms with van der Waals surface area (Å²) in [4.78, 5) is 11.5. The molecule has 17 heavy (non-hydrogen) atoms. The van der Waals surface area contributed by atoms with Crippen molar-refractivity contribution in [2.45, 2.75) is 31.7 Å². The maximum absolute atomic E-state index is 11.5. The van der Waals surface area contributed by atoms with Crippen molar-refractivity contribution in [1.29, 1.82) is 0 Å². The number of rotatable bonds is 3. The van der Waals surface area contributed by atoms with Gasteiger partial charge in [0.15, 0.2) is 0 Å². The lowest BCUT2D eigenvalue weighted by Gasteiger charge is -2.27. The quantitative estimate of drug-likeness (QED) is 0.898. The Morgan fingerprint density at radius 1 is 1.47 bits per heavy atom. The summed E-state index contributed by atoms with van der Waals surface area (Å²) in [6.45, 7) is 2.11. The van der Waals surface area contributed by atoms with Gasteiger partial charge >= 0.3 is 5.97 Å². The van der Waals surface area contributed by atoms with Crippen LogP contribution in [-0.4, -0.2) is 16.6 Å². The van der Waals surface area contributed by atoms with E-state index in [9.17, 15) is 9.90 Å². The molecule has 3 nitrogen and oxygen atoms in total. The molecule has 0 amide bonds. The van der Waals surface area contributed by atoms with Crippen molar-refractivity contribution >= 4 is 27.6 Å². The Balaban J connectivity index is 2.19. The molecule has 2 atom stereocenters. The lowest BCUT2D eigenvalue weighted by atomic mass is 9.96. The van der Waals surface area contributed by atoms with Crippen LogP contribution in [0.4, 0.5) is 5.69 Å². The van der Waals surface area contributed by atoms with Crippen molar-refractivity contribution in [3.63, 3.8) is 0 Å². The van der Waals surface area contributed by atoms with E-state index in [0.717, 1.165) is 16.6 Å². The van der Waals surface area contributed by atoms with Gasteiger partial charge in [0.1, 0.15) is 5.54 Å². The molecule has 0 heterocycles. The highest BCUT2D eigenvalue weighted by molar-refractivity contribution is 9.10. The van der Waals surface area contributed by atoms with Gasteiger partial charge in [0.2, 0.25) is 0 Å². The first-order valence-electron chi connectivity index (χ1n) is 5.79. The summed E-state index contributed by atoms with van der Waals surface area (Å²) in [7, 11) is 0. The minimum Gasteiger partial charge on any atom is -0.480 e. The first-order chi connectivity index (χ1) is 8.02. The van der Waals surface area contributed by atoms with Crippen molar-refractivity contribution in [3.05, 3.63) is 28.7 Å². The number of anilines is 1. The van der Waals surface area contributed by atoms with Crippen LogP contribution in [0.3, 0.4) is 0 Å². The summed E-state index contributed by atoms with van der Waals surface area (Å²) in [5, 5.41) is 12.6. The molecular weight excluding hydrogens is 282 g/mol. The lowest BCUT2D eigenvalue weighted by Crippen LogP contribution is -2.44. The molecule has 1 aliphatic rings. The maximum atomic E-state index is 11.5. The number of hydrogen-bond acceptors (Lipinski definition) is 2. The zero-order chi connectivity index (χ0) is 12.5. The van der Waals surface area contributed by atoms with E-state index in [1.807, 2.05) is 24.3 Å². The molecule has 2 N–H and O–H groups in total. The van der Waals surface area contributed by atoms with Gasteiger partial charge in [0.25, 0.3) is 0 Å². The van der Waals surface area contributed by atoms with Crippen LogP contribution in [0.15, 0.2) is 28.7 Å². The molecule has 92 valence electrons. The summed E-state index contributed by atoms with van der Waals surface area (Å²) in [5.74, 6) is -0.279. The molecule has 0 aliphatic heterocycles. The molecule has 1 fully saturated rings. The number of hydrogen-bond donors (Lipinski definition) is 2. The number of carboxylic acids is 1. The topological polar surface area (TPSA) is 49.3 Å². The number of carboxylic acid groups (broad SMARTS) is 1. The van der Waals surface area contributed by atoms with Gasteiger partial charge in [0, 0.05) is 10.2 Å². The summed E-state index contributed by atoms with van der Waals surface area (Å²) in [6, 6.07) is 7.63. The second-order valence-corrected chi connectivity index (χ2v) is 5.78. The molecule has 0 spiro atoms. The van der Waals surface area contributed by atoms with Crippen LogP contribution in [0.2, 0.25) is 0 Å². The molecule has 4 heteroatoms. The molecule has 0 bridgehead atoms. The molecular formula is C13H16BrNO2. The number of aliphatic carboxylic acids is 1. The van der Waals surface area contributed by atoms with Crippen LogP contribution in [-0.2, 0) is 4.79 Å². The van der Waals surface area contributed by atoms with Crippen LogP contribution in [0.25, 0.3) is 0 Å². The van der Waals surface area contributed by atoms with Crippen molar-refractivity contribution < 1.29 is 9.90 Å². The molecule has 0 saturated heterocycles. The second-order valence-electron chi connectivity index (χ2n) is 4.87. The predicted molar refractivity (Wildman–Crippen MR) is 71.1 cm³/mol. The maximum Gasteiger partial charge on any atom is 0.329 e. The molecule has 1 aliphatic carbocycles. The van der Waals surface area contributed by atoms with E-state index in [4.69, 9.17) is 0 Å². The predicted octanol–water partition coefficient (Wildman–Crippen LogP) is 3.50. The average molecular weight is 298 g/mol. The Bertz CT molecular complexity index is 418. The van der Waals surface area contributed by atoms with Gasteiger partial charge in [-0.25, -0.2) is 4.79 Å². The third-order valence-electron chi connectivity index (χ3n) is 3.40. The van der Waals surface area contributed by atoms with Crippen LogP contribution >= 0.6 is 15.9 Å². The molecule has 0 radical (unpaired) electrons. The summed E-state index contributed by atoms with van der Waals surface area (Å²) >= 11 is 3.37. The summed E-state index contributed by atoms with van der Waals surface area (Å²) in [6.07, 6.45) is 2.35.